The standard InChI is InChI=1S/C16H22F2N2O5S/c1-25-16(22)5-3-2-4-9-19-15(21)8-10-20-26(23,24)12-6-7-13(17)14(18)11-12/h6-7,11,20H,2-5,8-10H2,1H3,(H,19,21). The SMILES string of the molecule is COC(=O)CCCCCNC(=O)CCNS(=O)(=O)c1ccc(F)c(F)c1. The van der Waals surface area contributed by atoms with E-state index in [4.69, 9.17) is 0 Å². The summed E-state index contributed by atoms with van der Waals surface area (Å²) in [5.41, 5.74) is 0. The van der Waals surface area contributed by atoms with Crippen LogP contribution in [-0.4, -0.2) is 40.5 Å². The number of benzene rings is 1. The molecule has 1 rings (SSSR count). The van der Waals surface area contributed by atoms with Crippen molar-refractivity contribution in [2.24, 2.45) is 0 Å². The van der Waals surface area contributed by atoms with Gasteiger partial charge in [0.25, 0.3) is 0 Å². The Kier molecular flexibility index (Phi) is 9.14. The number of hydrogen-bond donors (Lipinski definition) is 2. The van der Waals surface area contributed by atoms with Crippen molar-refractivity contribution in [2.75, 3.05) is 20.2 Å². The van der Waals surface area contributed by atoms with Crippen molar-refractivity contribution in [3.8, 4) is 0 Å². The normalized spacial score (nSPS) is 11.2. The number of amides is 1. The smallest absolute Gasteiger partial charge is 0.305 e. The summed E-state index contributed by atoms with van der Waals surface area (Å²) in [4.78, 5) is 22.1. The molecule has 10 heteroatoms. The van der Waals surface area contributed by atoms with Crippen LogP contribution in [0.4, 0.5) is 8.78 Å². The number of halogens is 2. The molecule has 0 spiro atoms. The van der Waals surface area contributed by atoms with Gasteiger partial charge in [-0.2, -0.15) is 0 Å². The molecule has 0 aliphatic carbocycles. The summed E-state index contributed by atoms with van der Waals surface area (Å²) in [6.45, 7) is 0.242. The third-order valence-corrected chi connectivity index (χ3v) is 4.91. The molecule has 7 nitrogen and oxygen atoms in total. The van der Waals surface area contributed by atoms with Crippen molar-refractivity contribution < 1.29 is 31.5 Å². The highest BCUT2D eigenvalue weighted by molar-refractivity contribution is 7.89. The van der Waals surface area contributed by atoms with Crippen LogP contribution in [0, 0.1) is 11.6 Å². The summed E-state index contributed by atoms with van der Waals surface area (Å²) in [5, 5.41) is 2.63. The summed E-state index contributed by atoms with van der Waals surface area (Å²) >= 11 is 0. The van der Waals surface area contributed by atoms with Gasteiger partial charge >= 0.3 is 5.97 Å². The lowest BCUT2D eigenvalue weighted by Crippen LogP contribution is -2.31. The molecule has 1 aromatic rings. The maximum Gasteiger partial charge on any atom is 0.305 e. The lowest BCUT2D eigenvalue weighted by atomic mass is 10.2. The quantitative estimate of drug-likeness (QED) is 0.439. The molecule has 0 saturated heterocycles. The van der Waals surface area contributed by atoms with E-state index in [1.54, 1.807) is 0 Å². The molecule has 0 aromatic heterocycles. The zero-order chi connectivity index (χ0) is 19.6. The van der Waals surface area contributed by atoms with Crippen LogP contribution in [0.3, 0.4) is 0 Å². The van der Waals surface area contributed by atoms with E-state index in [1.165, 1.54) is 7.11 Å². The average Bonchev–Trinajstić information content (AvgIpc) is 2.59. The largest absolute Gasteiger partial charge is 0.469 e. The molecule has 0 radical (unpaired) electrons. The van der Waals surface area contributed by atoms with Crippen molar-refractivity contribution in [1.29, 1.82) is 0 Å². The van der Waals surface area contributed by atoms with Crippen LogP contribution in [0.25, 0.3) is 0 Å². The molecule has 0 aliphatic heterocycles. The lowest BCUT2D eigenvalue weighted by molar-refractivity contribution is -0.140. The number of esters is 1. The van der Waals surface area contributed by atoms with Gasteiger partial charge in [0, 0.05) is 25.9 Å². The third kappa shape index (κ3) is 7.87. The summed E-state index contributed by atoms with van der Waals surface area (Å²) in [7, 11) is -2.70. The summed E-state index contributed by atoms with van der Waals surface area (Å²) in [5.74, 6) is -3.03. The number of ether oxygens (including phenoxy) is 1. The first-order chi connectivity index (χ1) is 12.3. The monoisotopic (exact) mass is 392 g/mol. The predicted molar refractivity (Wildman–Crippen MR) is 89.7 cm³/mol. The Hall–Kier alpha value is -2.07. The molecule has 26 heavy (non-hydrogen) atoms. The summed E-state index contributed by atoms with van der Waals surface area (Å²) in [6.07, 6.45) is 2.33. The maximum atomic E-state index is 13.1. The highest BCUT2D eigenvalue weighted by Crippen LogP contribution is 2.13. The fraction of sp³-hybridized carbons (Fsp3) is 0.500. The average molecular weight is 392 g/mol. The molecule has 0 bridgehead atoms. The third-order valence-electron chi connectivity index (χ3n) is 3.45. The van der Waals surface area contributed by atoms with Gasteiger partial charge < -0.3 is 10.1 Å². The minimum atomic E-state index is -4.02. The van der Waals surface area contributed by atoms with Crippen molar-refractivity contribution in [3.05, 3.63) is 29.8 Å². The van der Waals surface area contributed by atoms with Crippen molar-refractivity contribution >= 4 is 21.9 Å². The van der Waals surface area contributed by atoms with Crippen molar-refractivity contribution in [3.63, 3.8) is 0 Å². The Labute approximate surface area is 151 Å². The molecule has 1 amide bonds. The fourth-order valence-electron chi connectivity index (χ4n) is 2.02. The Balaban J connectivity index is 2.24. The van der Waals surface area contributed by atoms with Gasteiger partial charge in [0.1, 0.15) is 0 Å². The van der Waals surface area contributed by atoms with Crippen LogP contribution in [0.15, 0.2) is 23.1 Å². The Morgan fingerprint density at radius 3 is 2.42 bits per heavy atom. The zero-order valence-corrected chi connectivity index (χ0v) is 15.2. The molecule has 1 aromatic carbocycles. The van der Waals surface area contributed by atoms with Gasteiger partial charge in [-0.1, -0.05) is 6.42 Å². The van der Waals surface area contributed by atoms with Crippen LogP contribution in [0.2, 0.25) is 0 Å². The number of unbranched alkanes of at least 4 members (excludes halogenated alkanes) is 2. The van der Waals surface area contributed by atoms with Crippen LogP contribution < -0.4 is 10.0 Å². The van der Waals surface area contributed by atoms with Gasteiger partial charge in [0.05, 0.1) is 12.0 Å². The van der Waals surface area contributed by atoms with Gasteiger partial charge in [0.2, 0.25) is 15.9 Å². The van der Waals surface area contributed by atoms with E-state index >= 15 is 0 Å². The summed E-state index contributed by atoms with van der Waals surface area (Å²) < 4.78 is 56.4. The van der Waals surface area contributed by atoms with E-state index in [2.05, 4.69) is 14.8 Å². The van der Waals surface area contributed by atoms with Crippen LogP contribution in [-0.2, 0) is 24.3 Å². The first-order valence-electron chi connectivity index (χ1n) is 8.04. The first kappa shape index (κ1) is 22.0. The Bertz CT molecular complexity index is 725. The molecule has 0 heterocycles. The number of carbonyl (C=O) groups excluding carboxylic acids is 2. The molecule has 0 saturated carbocycles. The molecular weight excluding hydrogens is 370 g/mol. The van der Waals surface area contributed by atoms with Crippen LogP contribution >= 0.6 is 0 Å². The number of sulfonamides is 1. The number of rotatable bonds is 11. The Morgan fingerprint density at radius 1 is 1.04 bits per heavy atom. The minimum Gasteiger partial charge on any atom is -0.469 e. The van der Waals surface area contributed by atoms with E-state index in [0.29, 0.717) is 31.9 Å². The molecule has 0 fully saturated rings. The van der Waals surface area contributed by atoms with E-state index in [1.807, 2.05) is 0 Å². The van der Waals surface area contributed by atoms with Gasteiger partial charge in [-0.05, 0) is 31.0 Å². The number of nitrogens with one attached hydrogen (secondary N) is 2. The second-order valence-electron chi connectivity index (χ2n) is 5.46. The molecule has 146 valence electrons. The second kappa shape index (κ2) is 10.8. The zero-order valence-electron chi connectivity index (χ0n) is 14.4. The van der Waals surface area contributed by atoms with Gasteiger partial charge in [-0.25, -0.2) is 21.9 Å². The minimum absolute atomic E-state index is 0.0922. The lowest BCUT2D eigenvalue weighted by Gasteiger charge is -2.08. The molecule has 0 aliphatic rings. The van der Waals surface area contributed by atoms with E-state index in [-0.39, 0.29) is 24.8 Å². The van der Waals surface area contributed by atoms with Gasteiger partial charge in [-0.15, -0.1) is 0 Å². The highest BCUT2D eigenvalue weighted by Gasteiger charge is 2.16. The highest BCUT2D eigenvalue weighted by atomic mass is 32.2. The second-order valence-corrected chi connectivity index (χ2v) is 7.23. The molecule has 0 atom stereocenters. The fourth-order valence-corrected chi connectivity index (χ4v) is 3.06. The molecule has 2 N–H and O–H groups in total. The van der Waals surface area contributed by atoms with Crippen LogP contribution in [0.5, 0.6) is 0 Å². The number of hydrogen-bond acceptors (Lipinski definition) is 5. The van der Waals surface area contributed by atoms with Gasteiger partial charge in [0.15, 0.2) is 11.6 Å². The van der Waals surface area contributed by atoms with E-state index < -0.39 is 26.6 Å². The number of carbonyl (C=O) groups is 2. The summed E-state index contributed by atoms with van der Waals surface area (Å²) in [6, 6.07) is 2.23. The first-order valence-corrected chi connectivity index (χ1v) is 9.53. The number of methoxy groups -OCH3 is 1. The van der Waals surface area contributed by atoms with E-state index in [0.717, 1.165) is 18.6 Å². The topological polar surface area (TPSA) is 102 Å². The van der Waals surface area contributed by atoms with Crippen molar-refractivity contribution in [1.82, 2.24) is 10.0 Å². The van der Waals surface area contributed by atoms with Crippen LogP contribution in [0.1, 0.15) is 32.1 Å². The van der Waals surface area contributed by atoms with Gasteiger partial charge in [-0.3, -0.25) is 9.59 Å². The Morgan fingerprint density at radius 2 is 1.77 bits per heavy atom. The molecular formula is C16H22F2N2O5S. The maximum absolute atomic E-state index is 13.1. The van der Waals surface area contributed by atoms with Crippen molar-refractivity contribution in [2.45, 2.75) is 37.0 Å². The van der Waals surface area contributed by atoms with E-state index in [9.17, 15) is 26.8 Å². The predicted octanol–water partition coefficient (Wildman–Crippen LogP) is 1.48. The molecule has 0 unspecified atom stereocenters.